The molecule has 144 valence electrons. The molecule has 0 aromatic carbocycles. The molecule has 2 atom stereocenters. The van der Waals surface area contributed by atoms with Crippen molar-refractivity contribution < 1.29 is 4.74 Å². The van der Waals surface area contributed by atoms with E-state index >= 15 is 0 Å². The molecule has 0 aliphatic carbocycles. The van der Waals surface area contributed by atoms with Crippen molar-refractivity contribution in [3.8, 4) is 0 Å². The average molecular weight is 369 g/mol. The van der Waals surface area contributed by atoms with E-state index in [1.165, 1.54) is 11.4 Å². The van der Waals surface area contributed by atoms with Crippen molar-refractivity contribution in [3.63, 3.8) is 0 Å². The zero-order chi connectivity index (χ0) is 18.5. The predicted molar refractivity (Wildman–Crippen MR) is 105 cm³/mol. The number of pyridine rings is 1. The van der Waals surface area contributed by atoms with E-state index < -0.39 is 0 Å². The fraction of sp³-hybridized carbons (Fsp3) is 0.579. The fourth-order valence-corrected chi connectivity index (χ4v) is 4.41. The number of anilines is 3. The summed E-state index contributed by atoms with van der Waals surface area (Å²) in [5.41, 5.74) is 8.23. The largest absolute Gasteiger partial charge is 0.377 e. The molecule has 2 aromatic heterocycles. The van der Waals surface area contributed by atoms with Gasteiger partial charge in [0.2, 0.25) is 0 Å². The Morgan fingerprint density at radius 2 is 2.15 bits per heavy atom. The Hall–Kier alpha value is -2.32. The van der Waals surface area contributed by atoms with Gasteiger partial charge in [0.25, 0.3) is 0 Å². The van der Waals surface area contributed by atoms with Crippen LogP contribution in [0.25, 0.3) is 0 Å². The predicted octanol–water partition coefficient (Wildman–Crippen LogP) is 1.67. The van der Waals surface area contributed by atoms with Gasteiger partial charge >= 0.3 is 0 Å². The van der Waals surface area contributed by atoms with Gasteiger partial charge in [0.15, 0.2) is 0 Å². The van der Waals surface area contributed by atoms with Crippen molar-refractivity contribution in [2.45, 2.75) is 38.9 Å². The molecule has 1 unspecified atom stereocenters. The second kappa shape index (κ2) is 6.38. The van der Waals surface area contributed by atoms with E-state index in [1.807, 2.05) is 6.07 Å². The van der Waals surface area contributed by atoms with E-state index in [0.717, 1.165) is 50.1 Å². The molecular weight excluding hydrogens is 342 g/mol. The minimum Gasteiger partial charge on any atom is -0.377 e. The number of ether oxygens (including phenoxy) is 1. The molecule has 27 heavy (non-hydrogen) atoms. The Morgan fingerprint density at radius 1 is 1.26 bits per heavy atom. The Balaban J connectivity index is 1.65. The van der Waals surface area contributed by atoms with Crippen LogP contribution in [0, 0.1) is 0 Å². The summed E-state index contributed by atoms with van der Waals surface area (Å²) in [6, 6.07) is 5.06. The number of aromatic amines is 1. The van der Waals surface area contributed by atoms with Crippen LogP contribution in [0.2, 0.25) is 0 Å². The van der Waals surface area contributed by atoms with E-state index in [2.05, 4.69) is 57.3 Å². The van der Waals surface area contributed by atoms with Gasteiger partial charge < -0.3 is 19.5 Å². The highest BCUT2D eigenvalue weighted by Gasteiger charge is 2.39. The molecule has 3 aliphatic rings. The molecule has 5 heterocycles. The Bertz CT molecular complexity index is 822. The van der Waals surface area contributed by atoms with Crippen LogP contribution < -0.4 is 20.2 Å². The third-order valence-corrected chi connectivity index (χ3v) is 5.81. The minimum absolute atomic E-state index is 0.00431. The molecule has 2 N–H and O–H groups in total. The van der Waals surface area contributed by atoms with Crippen molar-refractivity contribution in [2.75, 3.05) is 47.7 Å². The van der Waals surface area contributed by atoms with E-state index in [1.54, 1.807) is 6.20 Å². The Morgan fingerprint density at radius 3 is 2.89 bits per heavy atom. The SMILES string of the molecule is CC(C)N1CCN2NC(c3ccn[nH]3)c3nc(N4CCOC[C@H]4C)cc1c32. The second-order valence-corrected chi connectivity index (χ2v) is 7.86. The fourth-order valence-electron chi connectivity index (χ4n) is 4.41. The average Bonchev–Trinajstić information content (AvgIpc) is 3.31. The van der Waals surface area contributed by atoms with Crippen molar-refractivity contribution in [2.24, 2.45) is 0 Å². The number of morpholine rings is 1. The summed E-state index contributed by atoms with van der Waals surface area (Å²) >= 11 is 0. The molecule has 1 fully saturated rings. The van der Waals surface area contributed by atoms with E-state index in [-0.39, 0.29) is 6.04 Å². The maximum Gasteiger partial charge on any atom is 0.131 e. The summed E-state index contributed by atoms with van der Waals surface area (Å²) in [6.45, 7) is 11.0. The highest BCUT2D eigenvalue weighted by molar-refractivity contribution is 5.81. The zero-order valence-corrected chi connectivity index (χ0v) is 16.1. The van der Waals surface area contributed by atoms with Crippen molar-refractivity contribution in [3.05, 3.63) is 29.7 Å². The molecule has 2 aromatic rings. The van der Waals surface area contributed by atoms with Crippen LogP contribution in [0.4, 0.5) is 17.2 Å². The van der Waals surface area contributed by atoms with Gasteiger partial charge in [-0.05, 0) is 26.8 Å². The summed E-state index contributed by atoms with van der Waals surface area (Å²) in [5.74, 6) is 1.04. The third kappa shape index (κ3) is 2.66. The van der Waals surface area contributed by atoms with Crippen LogP contribution in [0.5, 0.6) is 0 Å². The molecule has 5 rings (SSSR count). The van der Waals surface area contributed by atoms with Gasteiger partial charge in [-0.25, -0.2) is 10.4 Å². The lowest BCUT2D eigenvalue weighted by molar-refractivity contribution is 0.0985. The van der Waals surface area contributed by atoms with Crippen LogP contribution in [0.3, 0.4) is 0 Å². The number of aromatic nitrogens is 3. The summed E-state index contributed by atoms with van der Waals surface area (Å²) in [5, 5.41) is 9.53. The summed E-state index contributed by atoms with van der Waals surface area (Å²) in [7, 11) is 0. The minimum atomic E-state index is 0.00431. The smallest absolute Gasteiger partial charge is 0.131 e. The van der Waals surface area contributed by atoms with Gasteiger partial charge in [0, 0.05) is 31.4 Å². The number of rotatable bonds is 3. The van der Waals surface area contributed by atoms with E-state index in [0.29, 0.717) is 12.1 Å². The van der Waals surface area contributed by atoms with Crippen molar-refractivity contribution in [1.29, 1.82) is 0 Å². The van der Waals surface area contributed by atoms with Crippen LogP contribution in [0.1, 0.15) is 38.2 Å². The molecule has 0 saturated carbocycles. The topological polar surface area (TPSA) is 72.5 Å². The highest BCUT2D eigenvalue weighted by atomic mass is 16.5. The molecule has 3 aliphatic heterocycles. The van der Waals surface area contributed by atoms with Gasteiger partial charge in [-0.1, -0.05) is 0 Å². The van der Waals surface area contributed by atoms with Gasteiger partial charge in [-0.2, -0.15) is 5.10 Å². The monoisotopic (exact) mass is 369 g/mol. The summed E-state index contributed by atoms with van der Waals surface area (Å²) in [6.07, 6.45) is 1.80. The van der Waals surface area contributed by atoms with Crippen LogP contribution in [-0.2, 0) is 4.74 Å². The first kappa shape index (κ1) is 16.8. The molecule has 1 saturated heterocycles. The number of H-pyrrole nitrogens is 1. The highest BCUT2D eigenvalue weighted by Crippen LogP contribution is 2.46. The van der Waals surface area contributed by atoms with Gasteiger partial charge in [-0.15, -0.1) is 0 Å². The maximum atomic E-state index is 5.64. The van der Waals surface area contributed by atoms with Gasteiger partial charge in [0.1, 0.15) is 11.9 Å². The maximum absolute atomic E-state index is 5.64. The van der Waals surface area contributed by atoms with E-state index in [9.17, 15) is 0 Å². The number of hydrazine groups is 1. The second-order valence-electron chi connectivity index (χ2n) is 7.86. The molecule has 0 radical (unpaired) electrons. The van der Waals surface area contributed by atoms with Crippen LogP contribution in [0.15, 0.2) is 18.3 Å². The molecule has 8 heteroatoms. The summed E-state index contributed by atoms with van der Waals surface area (Å²) < 4.78 is 5.64. The molecular formula is C19H27N7O. The van der Waals surface area contributed by atoms with Gasteiger partial charge in [0.05, 0.1) is 48.6 Å². The zero-order valence-electron chi connectivity index (χ0n) is 16.1. The standard InChI is InChI=1S/C19H27N7O/c1-12(2)24-6-7-26-19-15(24)10-16(25-8-9-27-11-13(25)3)21-18(19)17(23-26)14-4-5-20-22-14/h4-5,10,12-13,17,23H,6-9,11H2,1-3H3,(H,20,22)/t13-,17?/m1/s1. The first-order valence-electron chi connectivity index (χ1n) is 9.82. The van der Waals surface area contributed by atoms with Crippen LogP contribution >= 0.6 is 0 Å². The first-order valence-corrected chi connectivity index (χ1v) is 9.82. The third-order valence-electron chi connectivity index (χ3n) is 5.81. The molecule has 0 bridgehead atoms. The molecule has 0 spiro atoms. The van der Waals surface area contributed by atoms with Crippen molar-refractivity contribution in [1.82, 2.24) is 20.6 Å². The lowest BCUT2D eigenvalue weighted by Crippen LogP contribution is -2.47. The first-order chi connectivity index (χ1) is 13.1. The lowest BCUT2D eigenvalue weighted by atomic mass is 10.1. The van der Waals surface area contributed by atoms with Crippen molar-refractivity contribution >= 4 is 17.2 Å². The van der Waals surface area contributed by atoms with E-state index in [4.69, 9.17) is 9.72 Å². The van der Waals surface area contributed by atoms with Gasteiger partial charge in [-0.3, -0.25) is 5.10 Å². The lowest BCUT2D eigenvalue weighted by Gasteiger charge is -2.40. The van der Waals surface area contributed by atoms with Crippen LogP contribution in [-0.4, -0.2) is 60.1 Å². The Labute approximate surface area is 159 Å². The number of hydrogen-bond acceptors (Lipinski definition) is 7. The molecule has 0 amide bonds. The normalized spacial score (nSPS) is 24.7. The number of nitrogens with zero attached hydrogens (tertiary/aromatic N) is 5. The number of nitrogens with one attached hydrogen (secondary N) is 2. The number of hydrogen-bond donors (Lipinski definition) is 2. The Kier molecular flexibility index (Phi) is 3.98. The molecule has 8 nitrogen and oxygen atoms in total. The summed E-state index contributed by atoms with van der Waals surface area (Å²) in [4.78, 5) is 10.0. The quantitative estimate of drug-likeness (QED) is 0.853.